The average molecular weight is 201 g/mol. The van der Waals surface area contributed by atoms with Crippen LogP contribution in [0.1, 0.15) is 39.5 Å². The molecule has 1 aliphatic rings. The smallest absolute Gasteiger partial charge is 0.0607 e. The van der Waals surface area contributed by atoms with Crippen LogP contribution in [-0.4, -0.2) is 35.5 Å². The topological polar surface area (TPSA) is 52.5 Å². The van der Waals surface area contributed by atoms with E-state index in [1.807, 2.05) is 0 Å². The van der Waals surface area contributed by atoms with E-state index >= 15 is 0 Å². The van der Waals surface area contributed by atoms with Crippen molar-refractivity contribution >= 4 is 0 Å². The van der Waals surface area contributed by atoms with Gasteiger partial charge in [0.05, 0.1) is 19.3 Å². The first kappa shape index (κ1) is 12.0. The molecule has 0 aliphatic heterocycles. The zero-order chi connectivity index (χ0) is 10.6. The molecular formula is C11H23NO2. The van der Waals surface area contributed by atoms with E-state index in [2.05, 4.69) is 19.2 Å². The van der Waals surface area contributed by atoms with Crippen LogP contribution >= 0.6 is 0 Å². The van der Waals surface area contributed by atoms with E-state index < -0.39 is 0 Å². The van der Waals surface area contributed by atoms with Gasteiger partial charge in [-0.05, 0) is 24.7 Å². The highest BCUT2D eigenvalue weighted by atomic mass is 16.3. The lowest BCUT2D eigenvalue weighted by atomic mass is 9.75. The van der Waals surface area contributed by atoms with Crippen LogP contribution in [0.25, 0.3) is 0 Å². The van der Waals surface area contributed by atoms with Crippen LogP contribution in [-0.2, 0) is 0 Å². The van der Waals surface area contributed by atoms with Crippen molar-refractivity contribution < 1.29 is 10.2 Å². The number of nitrogens with one attached hydrogen (secondary N) is 1. The zero-order valence-corrected chi connectivity index (χ0v) is 9.29. The first-order valence-electron chi connectivity index (χ1n) is 5.55. The van der Waals surface area contributed by atoms with Crippen LogP contribution in [0.4, 0.5) is 0 Å². The summed E-state index contributed by atoms with van der Waals surface area (Å²) in [4.78, 5) is 0. The van der Waals surface area contributed by atoms with Crippen LogP contribution in [0.15, 0.2) is 0 Å². The van der Waals surface area contributed by atoms with Crippen LogP contribution in [0.2, 0.25) is 0 Å². The van der Waals surface area contributed by atoms with E-state index in [1.165, 1.54) is 19.3 Å². The van der Waals surface area contributed by atoms with Gasteiger partial charge in [0.2, 0.25) is 0 Å². The number of hydrogen-bond donors (Lipinski definition) is 3. The van der Waals surface area contributed by atoms with Crippen molar-refractivity contribution in [2.75, 3.05) is 13.2 Å². The minimum Gasteiger partial charge on any atom is -0.395 e. The Balaban J connectivity index is 2.37. The fourth-order valence-electron chi connectivity index (χ4n) is 2.34. The Hall–Kier alpha value is -0.120. The predicted molar refractivity (Wildman–Crippen MR) is 57.1 cm³/mol. The summed E-state index contributed by atoms with van der Waals surface area (Å²) in [6.45, 7) is 4.61. The van der Waals surface area contributed by atoms with Gasteiger partial charge in [0.15, 0.2) is 0 Å². The Kier molecular flexibility index (Phi) is 4.35. The third-order valence-corrected chi connectivity index (χ3v) is 3.12. The summed E-state index contributed by atoms with van der Waals surface area (Å²) in [7, 11) is 0. The lowest BCUT2D eigenvalue weighted by Crippen LogP contribution is -2.46. The molecule has 0 amide bonds. The van der Waals surface area contributed by atoms with Gasteiger partial charge in [-0.15, -0.1) is 0 Å². The summed E-state index contributed by atoms with van der Waals surface area (Å²) in [5, 5.41) is 21.2. The Labute approximate surface area is 86.5 Å². The number of rotatable bonds is 4. The fourth-order valence-corrected chi connectivity index (χ4v) is 2.34. The third kappa shape index (κ3) is 3.56. The van der Waals surface area contributed by atoms with Gasteiger partial charge >= 0.3 is 0 Å². The molecule has 1 aliphatic carbocycles. The summed E-state index contributed by atoms with van der Waals surface area (Å²) in [6.07, 6.45) is 4.84. The summed E-state index contributed by atoms with van der Waals surface area (Å²) in [5.74, 6) is 0. The number of aliphatic hydroxyl groups excluding tert-OH is 2. The second-order valence-electron chi connectivity index (χ2n) is 5.19. The van der Waals surface area contributed by atoms with Crippen LogP contribution in [0.5, 0.6) is 0 Å². The van der Waals surface area contributed by atoms with E-state index in [0.717, 1.165) is 6.42 Å². The molecule has 0 spiro atoms. The molecule has 3 N–H and O–H groups in total. The van der Waals surface area contributed by atoms with Crippen molar-refractivity contribution in [2.24, 2.45) is 5.41 Å². The summed E-state index contributed by atoms with van der Waals surface area (Å²) < 4.78 is 0. The summed E-state index contributed by atoms with van der Waals surface area (Å²) >= 11 is 0. The first-order chi connectivity index (χ1) is 6.57. The standard InChI is InChI=1S/C11H23NO2/c1-11(2)5-3-4-9(6-11)12-10(7-13)8-14/h9-10,12-14H,3-8H2,1-2H3/t9-/m1/s1. The minimum absolute atomic E-state index is 0.0213. The van der Waals surface area contributed by atoms with Gasteiger partial charge in [-0.2, -0.15) is 0 Å². The Bertz CT molecular complexity index is 167. The highest BCUT2D eigenvalue weighted by Crippen LogP contribution is 2.35. The number of hydrogen-bond acceptors (Lipinski definition) is 3. The summed E-state index contributed by atoms with van der Waals surface area (Å²) in [6, 6.07) is 0.317. The van der Waals surface area contributed by atoms with Crippen LogP contribution in [0.3, 0.4) is 0 Å². The van der Waals surface area contributed by atoms with E-state index in [1.54, 1.807) is 0 Å². The molecule has 0 bridgehead atoms. The van der Waals surface area contributed by atoms with E-state index in [4.69, 9.17) is 10.2 Å². The van der Waals surface area contributed by atoms with Crippen molar-refractivity contribution in [3.05, 3.63) is 0 Å². The van der Waals surface area contributed by atoms with Crippen molar-refractivity contribution in [3.8, 4) is 0 Å². The lowest BCUT2D eigenvalue weighted by Gasteiger charge is -2.37. The normalized spacial score (nSPS) is 26.8. The molecule has 3 nitrogen and oxygen atoms in total. The van der Waals surface area contributed by atoms with Gasteiger partial charge in [-0.3, -0.25) is 0 Å². The van der Waals surface area contributed by atoms with Gasteiger partial charge in [0.1, 0.15) is 0 Å². The average Bonchev–Trinajstić information content (AvgIpc) is 2.12. The monoisotopic (exact) mass is 201 g/mol. The van der Waals surface area contributed by atoms with Crippen LogP contribution < -0.4 is 5.32 Å². The number of aliphatic hydroxyl groups is 2. The first-order valence-corrected chi connectivity index (χ1v) is 5.55. The fraction of sp³-hybridized carbons (Fsp3) is 1.00. The Morgan fingerprint density at radius 3 is 2.50 bits per heavy atom. The molecule has 3 heteroatoms. The minimum atomic E-state index is -0.145. The third-order valence-electron chi connectivity index (χ3n) is 3.12. The lowest BCUT2D eigenvalue weighted by molar-refractivity contribution is 0.131. The van der Waals surface area contributed by atoms with Gasteiger partial charge in [0.25, 0.3) is 0 Å². The second kappa shape index (κ2) is 5.10. The predicted octanol–water partition coefficient (Wildman–Crippen LogP) is 0.898. The van der Waals surface area contributed by atoms with Crippen molar-refractivity contribution in [1.82, 2.24) is 5.32 Å². The SMILES string of the molecule is CC1(C)CCC[C@@H](NC(CO)CO)C1. The highest BCUT2D eigenvalue weighted by molar-refractivity contribution is 4.85. The van der Waals surface area contributed by atoms with Crippen molar-refractivity contribution in [2.45, 2.75) is 51.6 Å². The molecule has 0 aromatic rings. The van der Waals surface area contributed by atoms with Crippen LogP contribution in [0, 0.1) is 5.41 Å². The molecule has 0 aromatic heterocycles. The molecule has 0 saturated heterocycles. The molecule has 1 fully saturated rings. The molecule has 1 atom stereocenters. The van der Waals surface area contributed by atoms with Gasteiger partial charge in [0, 0.05) is 6.04 Å². The van der Waals surface area contributed by atoms with Gasteiger partial charge in [-0.1, -0.05) is 20.3 Å². The molecule has 0 heterocycles. The second-order valence-corrected chi connectivity index (χ2v) is 5.19. The van der Waals surface area contributed by atoms with Gasteiger partial charge < -0.3 is 15.5 Å². The van der Waals surface area contributed by atoms with Crippen molar-refractivity contribution in [3.63, 3.8) is 0 Å². The summed E-state index contributed by atoms with van der Waals surface area (Å²) in [5.41, 5.74) is 0.408. The van der Waals surface area contributed by atoms with E-state index in [-0.39, 0.29) is 19.3 Å². The van der Waals surface area contributed by atoms with E-state index in [0.29, 0.717) is 11.5 Å². The van der Waals surface area contributed by atoms with Crippen molar-refractivity contribution in [1.29, 1.82) is 0 Å². The zero-order valence-electron chi connectivity index (χ0n) is 9.29. The van der Waals surface area contributed by atoms with Gasteiger partial charge in [-0.25, -0.2) is 0 Å². The largest absolute Gasteiger partial charge is 0.395 e. The maximum atomic E-state index is 8.96. The molecule has 14 heavy (non-hydrogen) atoms. The quantitative estimate of drug-likeness (QED) is 0.633. The molecular weight excluding hydrogens is 178 g/mol. The molecule has 1 saturated carbocycles. The molecule has 1 rings (SSSR count). The maximum Gasteiger partial charge on any atom is 0.0607 e. The molecule has 0 unspecified atom stereocenters. The molecule has 84 valence electrons. The molecule has 0 aromatic carbocycles. The highest BCUT2D eigenvalue weighted by Gasteiger charge is 2.28. The Morgan fingerprint density at radius 2 is 2.00 bits per heavy atom. The van der Waals surface area contributed by atoms with E-state index in [9.17, 15) is 0 Å². The molecule has 0 radical (unpaired) electrons. The maximum absolute atomic E-state index is 8.96. The Morgan fingerprint density at radius 1 is 1.36 bits per heavy atom.